The van der Waals surface area contributed by atoms with E-state index in [4.69, 9.17) is 9.47 Å². The molecule has 0 spiro atoms. The Kier molecular flexibility index (Phi) is 5.82. The highest BCUT2D eigenvalue weighted by Gasteiger charge is 2.16. The fraction of sp³-hybridized carbons (Fsp3) is 0.0769. The lowest BCUT2D eigenvalue weighted by Crippen LogP contribution is -2.03. The Bertz CT molecular complexity index is 1170. The van der Waals surface area contributed by atoms with Crippen LogP contribution in [0.2, 0.25) is 0 Å². The first-order valence-corrected chi connectivity index (χ1v) is 9.75. The van der Waals surface area contributed by atoms with Crippen molar-refractivity contribution in [1.82, 2.24) is 9.55 Å². The summed E-state index contributed by atoms with van der Waals surface area (Å²) in [5.41, 5.74) is 5.62. The highest BCUT2D eigenvalue weighted by atomic mass is 16.5. The maximum absolute atomic E-state index is 9.21. The zero-order valence-electron chi connectivity index (χ0n) is 17.3. The Hall–Kier alpha value is -4.30. The van der Waals surface area contributed by atoms with E-state index in [1.54, 1.807) is 26.7 Å². The number of nitrogens with zero attached hydrogens (tertiary/aromatic N) is 3. The first-order chi connectivity index (χ1) is 15.2. The first-order valence-electron chi connectivity index (χ1n) is 9.75. The second-order valence-corrected chi connectivity index (χ2v) is 6.84. The quantitative estimate of drug-likeness (QED) is 0.410. The molecule has 4 rings (SSSR count). The minimum atomic E-state index is 0.615. The highest BCUT2D eigenvalue weighted by Crippen LogP contribution is 2.35. The number of methoxy groups -OCH3 is 2. The van der Waals surface area contributed by atoms with Crippen molar-refractivity contribution in [3.63, 3.8) is 0 Å². The van der Waals surface area contributed by atoms with Gasteiger partial charge in [0.2, 0.25) is 0 Å². The third-order valence-electron chi connectivity index (χ3n) is 5.04. The van der Waals surface area contributed by atoms with E-state index < -0.39 is 0 Å². The standard InChI is InChI=1S/C26H21N3O2/c1-30-23-11-7-20(8-12-23)25(21-9-13-24(31-2)14-10-21)26(29-16-15-28-18-29)22-5-3-19(17-27)4-6-22/h3-16,18H,1-2H3. The van der Waals surface area contributed by atoms with Gasteiger partial charge in [0, 0.05) is 18.0 Å². The van der Waals surface area contributed by atoms with Gasteiger partial charge in [0.25, 0.3) is 0 Å². The number of hydrogen-bond acceptors (Lipinski definition) is 4. The van der Waals surface area contributed by atoms with Crippen LogP contribution in [0.25, 0.3) is 11.3 Å². The Labute approximate surface area is 181 Å². The summed E-state index contributed by atoms with van der Waals surface area (Å²) in [5, 5.41) is 9.21. The zero-order chi connectivity index (χ0) is 21.6. The van der Waals surface area contributed by atoms with Gasteiger partial charge in [-0.1, -0.05) is 36.4 Å². The minimum Gasteiger partial charge on any atom is -0.497 e. The van der Waals surface area contributed by atoms with Gasteiger partial charge in [-0.15, -0.1) is 0 Å². The summed E-state index contributed by atoms with van der Waals surface area (Å²) >= 11 is 0. The number of nitriles is 1. The maximum atomic E-state index is 9.21. The topological polar surface area (TPSA) is 60.1 Å². The molecule has 5 heteroatoms. The normalized spacial score (nSPS) is 10.2. The molecule has 0 N–H and O–H groups in total. The molecule has 3 aromatic carbocycles. The zero-order valence-corrected chi connectivity index (χ0v) is 17.3. The molecule has 0 saturated heterocycles. The fourth-order valence-electron chi connectivity index (χ4n) is 3.47. The third-order valence-corrected chi connectivity index (χ3v) is 5.04. The molecule has 31 heavy (non-hydrogen) atoms. The fourth-order valence-corrected chi connectivity index (χ4v) is 3.47. The van der Waals surface area contributed by atoms with E-state index in [0.717, 1.165) is 39.5 Å². The van der Waals surface area contributed by atoms with Crippen molar-refractivity contribution in [3.05, 3.63) is 114 Å². The van der Waals surface area contributed by atoms with Gasteiger partial charge in [0.05, 0.1) is 37.9 Å². The molecule has 152 valence electrons. The lowest BCUT2D eigenvalue weighted by atomic mass is 9.92. The molecule has 0 aliphatic carbocycles. The summed E-state index contributed by atoms with van der Waals surface area (Å²) < 4.78 is 12.7. The van der Waals surface area contributed by atoms with E-state index in [-0.39, 0.29) is 0 Å². The SMILES string of the molecule is COc1ccc(C(=C(c2ccc(C#N)cc2)n2ccnc2)c2ccc(OC)cc2)cc1. The molecule has 0 radical (unpaired) electrons. The van der Waals surface area contributed by atoms with Crippen LogP contribution < -0.4 is 9.47 Å². The van der Waals surface area contributed by atoms with E-state index in [9.17, 15) is 5.26 Å². The molecule has 0 aliphatic heterocycles. The Balaban J connectivity index is 2.01. The molecule has 5 nitrogen and oxygen atoms in total. The number of aromatic nitrogens is 2. The lowest BCUT2D eigenvalue weighted by molar-refractivity contribution is 0.414. The summed E-state index contributed by atoms with van der Waals surface area (Å²) in [5.74, 6) is 1.58. The number of hydrogen-bond donors (Lipinski definition) is 0. The number of benzene rings is 3. The Morgan fingerprint density at radius 3 is 1.71 bits per heavy atom. The van der Waals surface area contributed by atoms with Crippen LogP contribution in [-0.2, 0) is 0 Å². The maximum Gasteiger partial charge on any atom is 0.118 e. The van der Waals surface area contributed by atoms with Gasteiger partial charge < -0.3 is 14.0 Å². The average molecular weight is 407 g/mol. The second kappa shape index (κ2) is 9.02. The monoisotopic (exact) mass is 407 g/mol. The summed E-state index contributed by atoms with van der Waals surface area (Å²) in [6, 6.07) is 25.7. The van der Waals surface area contributed by atoms with Crippen molar-refractivity contribution >= 4 is 11.3 Å². The second-order valence-electron chi connectivity index (χ2n) is 6.84. The van der Waals surface area contributed by atoms with Crippen molar-refractivity contribution in [3.8, 4) is 17.6 Å². The third kappa shape index (κ3) is 4.19. The van der Waals surface area contributed by atoms with Crippen molar-refractivity contribution < 1.29 is 9.47 Å². The van der Waals surface area contributed by atoms with Crippen LogP contribution >= 0.6 is 0 Å². The molecule has 0 atom stereocenters. The van der Waals surface area contributed by atoms with Crippen LogP contribution in [0.1, 0.15) is 22.3 Å². The summed E-state index contributed by atoms with van der Waals surface area (Å²) in [7, 11) is 3.31. The van der Waals surface area contributed by atoms with Crippen molar-refractivity contribution in [1.29, 1.82) is 5.26 Å². The van der Waals surface area contributed by atoms with Crippen LogP contribution in [0, 0.1) is 11.3 Å². The number of imidazole rings is 1. The molecular weight excluding hydrogens is 386 g/mol. The van der Waals surface area contributed by atoms with Crippen LogP contribution in [0.3, 0.4) is 0 Å². The Morgan fingerprint density at radius 2 is 1.29 bits per heavy atom. The summed E-state index contributed by atoms with van der Waals surface area (Å²) in [6.45, 7) is 0. The highest BCUT2D eigenvalue weighted by molar-refractivity contribution is 5.98. The van der Waals surface area contributed by atoms with E-state index in [2.05, 4.69) is 11.1 Å². The van der Waals surface area contributed by atoms with Crippen molar-refractivity contribution in [2.45, 2.75) is 0 Å². The number of ether oxygens (including phenoxy) is 2. The largest absolute Gasteiger partial charge is 0.497 e. The van der Waals surface area contributed by atoms with Crippen molar-refractivity contribution in [2.24, 2.45) is 0 Å². The van der Waals surface area contributed by atoms with Gasteiger partial charge in [-0.2, -0.15) is 5.26 Å². The average Bonchev–Trinajstić information content (AvgIpc) is 3.37. The molecule has 0 bridgehead atoms. The number of rotatable bonds is 6. The molecule has 0 unspecified atom stereocenters. The van der Waals surface area contributed by atoms with E-state index in [1.165, 1.54) is 0 Å². The molecule has 0 fully saturated rings. The van der Waals surface area contributed by atoms with Gasteiger partial charge >= 0.3 is 0 Å². The van der Waals surface area contributed by atoms with E-state index in [1.807, 2.05) is 83.6 Å². The molecule has 1 aromatic heterocycles. The van der Waals surface area contributed by atoms with Crippen LogP contribution in [0.4, 0.5) is 0 Å². The van der Waals surface area contributed by atoms with Crippen LogP contribution in [-0.4, -0.2) is 23.8 Å². The Morgan fingerprint density at radius 1 is 0.774 bits per heavy atom. The van der Waals surface area contributed by atoms with E-state index in [0.29, 0.717) is 5.56 Å². The molecule has 0 saturated carbocycles. The lowest BCUT2D eigenvalue weighted by Gasteiger charge is -2.18. The van der Waals surface area contributed by atoms with Gasteiger partial charge in [-0.25, -0.2) is 4.98 Å². The molecule has 1 heterocycles. The first kappa shape index (κ1) is 20.0. The molecule has 0 aliphatic rings. The van der Waals surface area contributed by atoms with Crippen molar-refractivity contribution in [2.75, 3.05) is 14.2 Å². The smallest absolute Gasteiger partial charge is 0.118 e. The van der Waals surface area contributed by atoms with Gasteiger partial charge in [0.15, 0.2) is 0 Å². The predicted octanol–water partition coefficient (Wildman–Crippen LogP) is 5.24. The van der Waals surface area contributed by atoms with Gasteiger partial charge in [-0.3, -0.25) is 0 Å². The molecular formula is C26H21N3O2. The van der Waals surface area contributed by atoms with Gasteiger partial charge in [0.1, 0.15) is 11.5 Å². The predicted molar refractivity (Wildman–Crippen MR) is 121 cm³/mol. The summed E-state index contributed by atoms with van der Waals surface area (Å²) in [4.78, 5) is 4.26. The minimum absolute atomic E-state index is 0.615. The van der Waals surface area contributed by atoms with E-state index >= 15 is 0 Å². The molecule has 0 amide bonds. The molecule has 4 aromatic rings. The van der Waals surface area contributed by atoms with Crippen LogP contribution in [0.15, 0.2) is 91.5 Å². The van der Waals surface area contributed by atoms with Crippen LogP contribution in [0.5, 0.6) is 11.5 Å². The van der Waals surface area contributed by atoms with Gasteiger partial charge in [-0.05, 0) is 53.1 Å². The summed E-state index contributed by atoms with van der Waals surface area (Å²) in [6.07, 6.45) is 5.45.